The minimum absolute atomic E-state index is 0.205. The number of hydrogen-bond donors (Lipinski definition) is 3. The molecule has 1 aliphatic rings. The zero-order chi connectivity index (χ0) is 13.5. The van der Waals surface area contributed by atoms with Gasteiger partial charge < -0.3 is 19.6 Å². The van der Waals surface area contributed by atoms with E-state index in [0.717, 1.165) is 0 Å². The van der Waals surface area contributed by atoms with Gasteiger partial charge in [0.15, 0.2) is 5.58 Å². The van der Waals surface area contributed by atoms with Crippen molar-refractivity contribution in [3.8, 4) is 0 Å². The SMILES string of the molecule is O=C(Nc1ccc2[nH]c(=O)oc2c1)C1(CO)COC1. The minimum Gasteiger partial charge on any atom is -0.408 e. The van der Waals surface area contributed by atoms with Gasteiger partial charge in [-0.1, -0.05) is 0 Å². The fourth-order valence-corrected chi connectivity index (χ4v) is 1.93. The molecule has 1 saturated heterocycles. The molecule has 0 bridgehead atoms. The summed E-state index contributed by atoms with van der Waals surface area (Å²) >= 11 is 0. The van der Waals surface area contributed by atoms with Gasteiger partial charge in [0.05, 0.1) is 25.3 Å². The number of rotatable bonds is 3. The Bertz CT molecular complexity index is 677. The summed E-state index contributed by atoms with van der Waals surface area (Å²) < 4.78 is 9.88. The Morgan fingerprint density at radius 3 is 2.89 bits per heavy atom. The van der Waals surface area contributed by atoms with E-state index in [9.17, 15) is 14.7 Å². The van der Waals surface area contributed by atoms with E-state index in [0.29, 0.717) is 16.8 Å². The number of anilines is 1. The third kappa shape index (κ3) is 1.92. The number of fused-ring (bicyclic) bond motifs is 1. The topological polar surface area (TPSA) is 105 Å². The quantitative estimate of drug-likeness (QED) is 0.727. The van der Waals surface area contributed by atoms with E-state index >= 15 is 0 Å². The van der Waals surface area contributed by atoms with Crippen LogP contribution in [0.1, 0.15) is 0 Å². The summed E-state index contributed by atoms with van der Waals surface area (Å²) in [5, 5.41) is 11.9. The van der Waals surface area contributed by atoms with Crippen molar-refractivity contribution in [1.29, 1.82) is 0 Å². The van der Waals surface area contributed by atoms with Gasteiger partial charge in [0.2, 0.25) is 5.91 Å². The normalized spacial score (nSPS) is 17.1. The average molecular weight is 264 g/mol. The Morgan fingerprint density at radius 2 is 2.26 bits per heavy atom. The first-order chi connectivity index (χ1) is 9.13. The summed E-state index contributed by atoms with van der Waals surface area (Å²) in [6.45, 7) is 0.147. The molecule has 7 nitrogen and oxygen atoms in total. The number of benzene rings is 1. The molecule has 100 valence electrons. The third-order valence-electron chi connectivity index (χ3n) is 3.22. The Labute approximate surface area is 107 Å². The number of carbonyl (C=O) groups is 1. The van der Waals surface area contributed by atoms with Crippen LogP contribution in [-0.2, 0) is 9.53 Å². The van der Waals surface area contributed by atoms with Gasteiger partial charge in [-0.3, -0.25) is 9.78 Å². The smallest absolute Gasteiger partial charge is 0.408 e. The average Bonchev–Trinajstić information content (AvgIpc) is 2.67. The predicted octanol–water partition coefficient (Wildman–Crippen LogP) is 0.0685. The number of aliphatic hydroxyl groups excluding tert-OH is 1. The molecule has 0 radical (unpaired) electrons. The van der Waals surface area contributed by atoms with E-state index in [1.54, 1.807) is 18.2 Å². The molecule has 7 heteroatoms. The maximum atomic E-state index is 12.0. The van der Waals surface area contributed by atoms with Crippen LogP contribution in [0.4, 0.5) is 5.69 Å². The number of H-pyrrole nitrogens is 1. The lowest BCUT2D eigenvalue weighted by Gasteiger charge is -2.37. The van der Waals surface area contributed by atoms with Gasteiger partial charge in [-0.05, 0) is 12.1 Å². The van der Waals surface area contributed by atoms with Crippen LogP contribution in [0, 0.1) is 5.41 Å². The molecule has 1 aliphatic heterocycles. The molecule has 2 aromatic rings. The lowest BCUT2D eigenvalue weighted by atomic mass is 9.86. The maximum absolute atomic E-state index is 12.0. The van der Waals surface area contributed by atoms with E-state index in [1.807, 2.05) is 0 Å². The molecule has 0 saturated carbocycles. The summed E-state index contributed by atoms with van der Waals surface area (Å²) in [5.41, 5.74) is 0.561. The largest absolute Gasteiger partial charge is 0.417 e. The maximum Gasteiger partial charge on any atom is 0.417 e. The van der Waals surface area contributed by atoms with Crippen molar-refractivity contribution in [2.75, 3.05) is 25.1 Å². The number of aliphatic hydroxyl groups is 1. The van der Waals surface area contributed by atoms with Crippen LogP contribution in [0.3, 0.4) is 0 Å². The van der Waals surface area contributed by atoms with Crippen LogP contribution in [-0.4, -0.2) is 35.8 Å². The van der Waals surface area contributed by atoms with E-state index < -0.39 is 11.2 Å². The van der Waals surface area contributed by atoms with Crippen LogP contribution in [0.25, 0.3) is 11.1 Å². The van der Waals surface area contributed by atoms with Gasteiger partial charge in [-0.25, -0.2) is 4.79 Å². The minimum atomic E-state index is -0.867. The molecule has 3 N–H and O–H groups in total. The molecule has 2 heterocycles. The summed E-state index contributed by atoms with van der Waals surface area (Å²) in [6.07, 6.45) is 0. The first kappa shape index (κ1) is 11.9. The highest BCUT2D eigenvalue weighted by Gasteiger charge is 2.45. The molecule has 1 amide bonds. The number of aromatic nitrogens is 1. The fourth-order valence-electron chi connectivity index (χ4n) is 1.93. The van der Waals surface area contributed by atoms with Gasteiger partial charge >= 0.3 is 5.76 Å². The standard InChI is InChI=1S/C12H12N2O5/c15-4-12(5-18-6-12)10(16)13-7-1-2-8-9(3-7)19-11(17)14-8/h1-3,15H,4-6H2,(H,13,16)(H,14,17). The van der Waals surface area contributed by atoms with Crippen LogP contribution < -0.4 is 11.1 Å². The summed E-state index contributed by atoms with van der Waals surface area (Å²) in [6, 6.07) is 4.84. The van der Waals surface area contributed by atoms with Crippen LogP contribution in [0.2, 0.25) is 0 Å². The summed E-state index contributed by atoms with van der Waals surface area (Å²) in [5.74, 6) is -0.851. The second-order valence-electron chi connectivity index (χ2n) is 4.61. The molecule has 19 heavy (non-hydrogen) atoms. The summed E-state index contributed by atoms with van der Waals surface area (Å²) in [4.78, 5) is 25.6. The van der Waals surface area contributed by atoms with Gasteiger partial charge in [-0.15, -0.1) is 0 Å². The molecule has 1 aromatic carbocycles. The Kier molecular flexibility index (Phi) is 2.65. The van der Waals surface area contributed by atoms with Crippen LogP contribution in [0.15, 0.2) is 27.4 Å². The predicted molar refractivity (Wildman–Crippen MR) is 65.8 cm³/mol. The number of nitrogens with one attached hydrogen (secondary N) is 2. The van der Waals surface area contributed by atoms with Crippen molar-refractivity contribution in [3.05, 3.63) is 28.7 Å². The van der Waals surface area contributed by atoms with Crippen molar-refractivity contribution in [3.63, 3.8) is 0 Å². The van der Waals surface area contributed by atoms with E-state index in [4.69, 9.17) is 9.15 Å². The van der Waals surface area contributed by atoms with Crippen molar-refractivity contribution < 1.29 is 19.1 Å². The van der Waals surface area contributed by atoms with Gasteiger partial charge in [0.25, 0.3) is 0 Å². The molecule has 0 aliphatic carbocycles. The molecule has 3 rings (SSSR count). The zero-order valence-electron chi connectivity index (χ0n) is 9.93. The Morgan fingerprint density at radius 1 is 1.47 bits per heavy atom. The van der Waals surface area contributed by atoms with E-state index in [1.165, 1.54) is 0 Å². The summed E-state index contributed by atoms with van der Waals surface area (Å²) in [7, 11) is 0. The zero-order valence-corrected chi connectivity index (χ0v) is 9.93. The number of carbonyl (C=O) groups excluding carboxylic acids is 1. The second kappa shape index (κ2) is 4.22. The number of oxazole rings is 1. The molecular formula is C12H12N2O5. The molecular weight excluding hydrogens is 252 g/mol. The monoisotopic (exact) mass is 264 g/mol. The van der Waals surface area contributed by atoms with Crippen molar-refractivity contribution >= 4 is 22.7 Å². The van der Waals surface area contributed by atoms with E-state index in [-0.39, 0.29) is 25.7 Å². The van der Waals surface area contributed by atoms with E-state index in [2.05, 4.69) is 10.3 Å². The van der Waals surface area contributed by atoms with Crippen molar-refractivity contribution in [2.45, 2.75) is 0 Å². The van der Waals surface area contributed by atoms with Crippen LogP contribution in [0.5, 0.6) is 0 Å². The van der Waals surface area contributed by atoms with Crippen molar-refractivity contribution in [1.82, 2.24) is 4.98 Å². The fraction of sp³-hybridized carbons (Fsp3) is 0.333. The molecule has 0 atom stereocenters. The number of hydrogen-bond acceptors (Lipinski definition) is 5. The lowest BCUT2D eigenvalue weighted by molar-refractivity contribution is -0.164. The molecule has 0 unspecified atom stereocenters. The highest BCUT2D eigenvalue weighted by atomic mass is 16.5. The molecule has 1 aromatic heterocycles. The van der Waals surface area contributed by atoms with Gasteiger partial charge in [-0.2, -0.15) is 0 Å². The Hall–Kier alpha value is -2.12. The third-order valence-corrected chi connectivity index (χ3v) is 3.22. The number of ether oxygens (including phenoxy) is 1. The highest BCUT2D eigenvalue weighted by molar-refractivity contribution is 5.97. The molecule has 1 fully saturated rings. The first-order valence-electron chi connectivity index (χ1n) is 5.76. The Balaban J connectivity index is 1.84. The number of amides is 1. The van der Waals surface area contributed by atoms with Gasteiger partial charge in [0, 0.05) is 11.8 Å². The van der Waals surface area contributed by atoms with Crippen molar-refractivity contribution in [2.24, 2.45) is 5.41 Å². The lowest BCUT2D eigenvalue weighted by Crippen LogP contribution is -2.54. The highest BCUT2D eigenvalue weighted by Crippen LogP contribution is 2.29. The number of aromatic amines is 1. The van der Waals surface area contributed by atoms with Gasteiger partial charge in [0.1, 0.15) is 5.41 Å². The molecule has 0 spiro atoms. The first-order valence-corrected chi connectivity index (χ1v) is 5.76. The second-order valence-corrected chi connectivity index (χ2v) is 4.61. The van der Waals surface area contributed by atoms with Crippen LogP contribution >= 0.6 is 0 Å².